The molecule has 0 aliphatic carbocycles. The molecular formula is C20H15BrN4O3S. The monoisotopic (exact) mass is 470 g/mol. The van der Waals surface area contributed by atoms with Crippen LogP contribution in [0.25, 0.3) is 23.2 Å². The minimum atomic E-state index is -0.413. The van der Waals surface area contributed by atoms with Crippen LogP contribution in [0.3, 0.4) is 0 Å². The number of ether oxygens (including phenoxy) is 1. The van der Waals surface area contributed by atoms with E-state index in [0.29, 0.717) is 28.6 Å². The van der Waals surface area contributed by atoms with Gasteiger partial charge in [-0.1, -0.05) is 6.07 Å². The smallest absolute Gasteiger partial charge is 0.290 e. The topological polar surface area (TPSA) is 86.1 Å². The van der Waals surface area contributed by atoms with Gasteiger partial charge in [0, 0.05) is 23.5 Å². The molecule has 1 aromatic carbocycles. The summed E-state index contributed by atoms with van der Waals surface area (Å²) in [7, 11) is 0. The number of amides is 2. The second-order valence-corrected chi connectivity index (χ2v) is 7.87. The molecule has 1 fully saturated rings. The van der Waals surface area contributed by atoms with E-state index in [1.165, 1.54) is 0 Å². The zero-order chi connectivity index (χ0) is 20.4. The number of rotatable bonds is 5. The lowest BCUT2D eigenvalue weighted by atomic mass is 10.1. The molecule has 7 nitrogen and oxygen atoms in total. The van der Waals surface area contributed by atoms with Gasteiger partial charge in [-0.25, -0.2) is 9.67 Å². The van der Waals surface area contributed by atoms with Crippen LogP contribution >= 0.6 is 27.7 Å². The predicted octanol–water partition coefficient (Wildman–Crippen LogP) is 4.42. The first-order chi connectivity index (χ1) is 14.0. The van der Waals surface area contributed by atoms with Gasteiger partial charge in [0.2, 0.25) is 0 Å². The van der Waals surface area contributed by atoms with Crippen LogP contribution in [-0.4, -0.2) is 32.5 Å². The minimum absolute atomic E-state index is 0.321. The summed E-state index contributed by atoms with van der Waals surface area (Å²) in [6, 6.07) is 11.2. The fraction of sp³-hybridized carbons (Fsp3) is 0.100. The number of hydrogen-bond donors (Lipinski definition) is 1. The fourth-order valence-corrected chi connectivity index (χ4v) is 3.97. The molecule has 0 saturated carbocycles. The van der Waals surface area contributed by atoms with Gasteiger partial charge in [0.05, 0.1) is 16.0 Å². The van der Waals surface area contributed by atoms with Crippen molar-refractivity contribution in [3.05, 3.63) is 63.7 Å². The number of pyridine rings is 1. The number of imide groups is 1. The third-order valence-electron chi connectivity index (χ3n) is 4.06. The summed E-state index contributed by atoms with van der Waals surface area (Å²) >= 11 is 4.40. The first kappa shape index (κ1) is 19.4. The van der Waals surface area contributed by atoms with E-state index in [1.807, 2.05) is 43.3 Å². The quantitative estimate of drug-likeness (QED) is 0.555. The molecule has 0 bridgehead atoms. The van der Waals surface area contributed by atoms with Crippen molar-refractivity contribution >= 4 is 44.9 Å². The van der Waals surface area contributed by atoms with Gasteiger partial charge in [0.15, 0.2) is 5.82 Å². The van der Waals surface area contributed by atoms with Crippen LogP contribution in [0.2, 0.25) is 0 Å². The van der Waals surface area contributed by atoms with E-state index in [9.17, 15) is 9.59 Å². The summed E-state index contributed by atoms with van der Waals surface area (Å²) in [4.78, 5) is 28.2. The van der Waals surface area contributed by atoms with Gasteiger partial charge < -0.3 is 4.74 Å². The second-order valence-electron chi connectivity index (χ2n) is 6.00. The molecule has 1 N–H and O–H groups in total. The average molecular weight is 471 g/mol. The SMILES string of the molecule is CCOc1ccc(-c2nn(-c3ccccn3)cc2/C=C2\SC(=O)NC2=O)cc1Br. The average Bonchev–Trinajstić information content (AvgIpc) is 3.27. The first-order valence-electron chi connectivity index (χ1n) is 8.74. The van der Waals surface area contributed by atoms with Crippen LogP contribution in [0.15, 0.2) is 58.2 Å². The summed E-state index contributed by atoms with van der Waals surface area (Å²) in [5, 5.41) is 6.56. The van der Waals surface area contributed by atoms with Crippen molar-refractivity contribution in [1.82, 2.24) is 20.1 Å². The van der Waals surface area contributed by atoms with Crippen LogP contribution in [0.1, 0.15) is 12.5 Å². The molecule has 146 valence electrons. The number of aromatic nitrogens is 3. The Morgan fingerprint density at radius 1 is 1.28 bits per heavy atom. The summed E-state index contributed by atoms with van der Waals surface area (Å²) in [5.74, 6) is 0.962. The number of thioether (sulfide) groups is 1. The van der Waals surface area contributed by atoms with E-state index < -0.39 is 5.91 Å². The summed E-state index contributed by atoms with van der Waals surface area (Å²) < 4.78 is 8.02. The van der Waals surface area contributed by atoms with Crippen LogP contribution in [-0.2, 0) is 4.79 Å². The van der Waals surface area contributed by atoms with Gasteiger partial charge in [-0.05, 0) is 71.0 Å². The van der Waals surface area contributed by atoms with Crippen molar-refractivity contribution in [3.63, 3.8) is 0 Å². The maximum atomic E-state index is 12.0. The Morgan fingerprint density at radius 3 is 2.79 bits per heavy atom. The number of carbonyl (C=O) groups excluding carboxylic acids is 2. The number of nitrogens with one attached hydrogen (secondary N) is 1. The van der Waals surface area contributed by atoms with E-state index in [1.54, 1.807) is 23.2 Å². The molecule has 0 unspecified atom stereocenters. The number of nitrogens with zero attached hydrogens (tertiary/aromatic N) is 3. The Labute approximate surface area is 179 Å². The fourth-order valence-electron chi connectivity index (χ4n) is 2.81. The Morgan fingerprint density at radius 2 is 2.14 bits per heavy atom. The predicted molar refractivity (Wildman–Crippen MR) is 115 cm³/mol. The zero-order valence-corrected chi connectivity index (χ0v) is 17.7. The molecule has 3 heterocycles. The molecule has 1 saturated heterocycles. The molecule has 0 radical (unpaired) electrons. The summed E-state index contributed by atoms with van der Waals surface area (Å²) in [6.07, 6.45) is 5.13. The van der Waals surface area contributed by atoms with Gasteiger partial charge in [-0.15, -0.1) is 0 Å². The van der Waals surface area contributed by atoms with E-state index in [0.717, 1.165) is 27.5 Å². The maximum absolute atomic E-state index is 12.0. The molecule has 0 spiro atoms. The van der Waals surface area contributed by atoms with E-state index in [4.69, 9.17) is 4.74 Å². The molecule has 0 atom stereocenters. The lowest BCUT2D eigenvalue weighted by Crippen LogP contribution is -2.17. The summed E-state index contributed by atoms with van der Waals surface area (Å²) in [6.45, 7) is 2.48. The first-order valence-corrected chi connectivity index (χ1v) is 10.3. The van der Waals surface area contributed by atoms with Crippen molar-refractivity contribution in [2.75, 3.05) is 6.61 Å². The minimum Gasteiger partial charge on any atom is -0.493 e. The molecule has 29 heavy (non-hydrogen) atoms. The highest BCUT2D eigenvalue weighted by Gasteiger charge is 2.26. The van der Waals surface area contributed by atoms with Crippen molar-refractivity contribution in [3.8, 4) is 22.8 Å². The van der Waals surface area contributed by atoms with Crippen molar-refractivity contribution < 1.29 is 14.3 Å². The van der Waals surface area contributed by atoms with E-state index in [2.05, 4.69) is 31.3 Å². The van der Waals surface area contributed by atoms with E-state index >= 15 is 0 Å². The Bertz CT molecular complexity index is 1130. The van der Waals surface area contributed by atoms with Crippen LogP contribution in [0.5, 0.6) is 5.75 Å². The Hall–Kier alpha value is -2.91. The van der Waals surface area contributed by atoms with Crippen LogP contribution in [0, 0.1) is 0 Å². The third kappa shape index (κ3) is 4.10. The number of halogens is 1. The highest BCUT2D eigenvalue weighted by molar-refractivity contribution is 9.10. The molecule has 1 aliphatic heterocycles. The Kier molecular flexibility index (Phi) is 5.50. The van der Waals surface area contributed by atoms with Crippen molar-refractivity contribution in [2.24, 2.45) is 0 Å². The standard InChI is InChI=1S/C20H15BrN4O3S/c1-2-28-15-7-6-12(9-14(15)21)18-13(10-16-19(26)23-20(27)29-16)11-25(24-18)17-5-3-4-8-22-17/h3-11H,2H2,1H3,(H,23,26,27)/b16-10-. The number of carbonyl (C=O) groups is 2. The van der Waals surface area contributed by atoms with Crippen molar-refractivity contribution in [1.29, 1.82) is 0 Å². The number of hydrogen-bond acceptors (Lipinski definition) is 6. The second kappa shape index (κ2) is 8.22. The van der Waals surface area contributed by atoms with Crippen LogP contribution < -0.4 is 10.1 Å². The van der Waals surface area contributed by atoms with Gasteiger partial charge in [0.1, 0.15) is 11.4 Å². The zero-order valence-electron chi connectivity index (χ0n) is 15.3. The van der Waals surface area contributed by atoms with Crippen LogP contribution in [0.4, 0.5) is 4.79 Å². The van der Waals surface area contributed by atoms with Gasteiger partial charge in [-0.3, -0.25) is 14.9 Å². The molecule has 3 aromatic rings. The molecular weight excluding hydrogens is 456 g/mol. The lowest BCUT2D eigenvalue weighted by Gasteiger charge is -2.07. The Balaban J connectivity index is 1.82. The van der Waals surface area contributed by atoms with Gasteiger partial charge >= 0.3 is 0 Å². The largest absolute Gasteiger partial charge is 0.493 e. The summed E-state index contributed by atoms with van der Waals surface area (Å²) in [5.41, 5.74) is 2.18. The molecule has 2 amide bonds. The maximum Gasteiger partial charge on any atom is 0.290 e. The van der Waals surface area contributed by atoms with Gasteiger partial charge in [0.25, 0.3) is 11.1 Å². The van der Waals surface area contributed by atoms with Gasteiger partial charge in [-0.2, -0.15) is 5.10 Å². The molecule has 2 aromatic heterocycles. The molecule has 1 aliphatic rings. The normalized spacial score (nSPS) is 15.0. The third-order valence-corrected chi connectivity index (χ3v) is 5.49. The molecule has 9 heteroatoms. The highest BCUT2D eigenvalue weighted by atomic mass is 79.9. The van der Waals surface area contributed by atoms with E-state index in [-0.39, 0.29) is 5.24 Å². The molecule has 4 rings (SSSR count). The lowest BCUT2D eigenvalue weighted by molar-refractivity contribution is -0.115. The number of benzene rings is 1. The van der Waals surface area contributed by atoms with Crippen molar-refractivity contribution in [2.45, 2.75) is 6.92 Å². The highest BCUT2D eigenvalue weighted by Crippen LogP contribution is 2.34.